The minimum absolute atomic E-state index is 0.221. The fraction of sp³-hybridized carbons (Fsp3) is 0.421. The van der Waals surface area contributed by atoms with Crippen LogP contribution in [0.2, 0.25) is 0 Å². The van der Waals surface area contributed by atoms with Gasteiger partial charge < -0.3 is 9.80 Å². The van der Waals surface area contributed by atoms with Gasteiger partial charge in [0.1, 0.15) is 0 Å². The quantitative estimate of drug-likeness (QED) is 0.539. The molecule has 1 heterocycles. The number of nitrogens with one attached hydrogen (secondary N) is 1. The van der Waals surface area contributed by atoms with E-state index in [9.17, 15) is 4.79 Å². The maximum Gasteiger partial charge on any atom is 0.271 e. The van der Waals surface area contributed by atoms with Crippen LogP contribution in [0.5, 0.6) is 0 Å². The van der Waals surface area contributed by atoms with Crippen LogP contribution in [0.25, 0.3) is 0 Å². The van der Waals surface area contributed by atoms with Crippen molar-refractivity contribution in [2.75, 3.05) is 36.0 Å². The zero-order chi connectivity index (χ0) is 18.9. The van der Waals surface area contributed by atoms with Gasteiger partial charge in [0.05, 0.1) is 11.1 Å². The van der Waals surface area contributed by atoms with Crippen LogP contribution in [0, 0.1) is 0 Å². The van der Waals surface area contributed by atoms with Crippen LogP contribution in [0.1, 0.15) is 42.9 Å². The van der Waals surface area contributed by atoms with Gasteiger partial charge in [0, 0.05) is 43.6 Å². The van der Waals surface area contributed by atoms with E-state index < -0.39 is 0 Å². The molecule has 0 saturated heterocycles. The number of carbonyl (C=O) groups excluding carboxylic acids is 1. The molecular formula is C19H27N5OS. The molecule has 0 atom stereocenters. The zero-order valence-electron chi connectivity index (χ0n) is 15.9. The Morgan fingerprint density at radius 1 is 1.08 bits per heavy atom. The fourth-order valence-corrected chi connectivity index (χ4v) is 3.52. The summed E-state index contributed by atoms with van der Waals surface area (Å²) in [5.74, 6) is -0.221. The normalized spacial score (nSPS) is 10.9. The molecule has 1 N–H and O–H groups in total. The molecule has 0 unspecified atom stereocenters. The molecule has 0 bridgehead atoms. The number of thiazole rings is 1. The third kappa shape index (κ3) is 5.05. The van der Waals surface area contributed by atoms with Gasteiger partial charge in [-0.1, -0.05) is 11.3 Å². The number of nitrogens with zero attached hydrogens (tertiary/aromatic N) is 4. The van der Waals surface area contributed by atoms with Gasteiger partial charge in [-0.25, -0.2) is 10.4 Å². The number of hydrogen-bond acceptors (Lipinski definition) is 6. The number of benzene rings is 1. The number of rotatable bonds is 9. The van der Waals surface area contributed by atoms with E-state index in [-0.39, 0.29) is 5.91 Å². The highest BCUT2D eigenvalue weighted by Crippen LogP contribution is 2.20. The highest BCUT2D eigenvalue weighted by molar-refractivity contribution is 7.17. The van der Waals surface area contributed by atoms with Crippen molar-refractivity contribution in [2.45, 2.75) is 27.7 Å². The molecule has 0 fully saturated rings. The summed E-state index contributed by atoms with van der Waals surface area (Å²) < 4.78 is 0. The van der Waals surface area contributed by atoms with E-state index in [0.29, 0.717) is 5.56 Å². The Morgan fingerprint density at radius 2 is 1.69 bits per heavy atom. The molecule has 1 aromatic heterocycles. The second-order valence-electron chi connectivity index (χ2n) is 5.64. The molecule has 140 valence electrons. The van der Waals surface area contributed by atoms with Crippen molar-refractivity contribution in [1.82, 2.24) is 10.4 Å². The Bertz CT molecular complexity index is 718. The smallest absolute Gasteiger partial charge is 0.271 e. The average molecular weight is 374 g/mol. The lowest BCUT2D eigenvalue weighted by Crippen LogP contribution is -2.22. The molecule has 7 heteroatoms. The molecule has 6 nitrogen and oxygen atoms in total. The highest BCUT2D eigenvalue weighted by atomic mass is 32.1. The number of hydrazone groups is 1. The summed E-state index contributed by atoms with van der Waals surface area (Å²) in [6.45, 7) is 12.2. The number of hydrogen-bond donors (Lipinski definition) is 1. The van der Waals surface area contributed by atoms with Crippen LogP contribution >= 0.6 is 11.3 Å². The van der Waals surface area contributed by atoms with Gasteiger partial charge in [-0.3, -0.25) is 4.79 Å². The van der Waals surface area contributed by atoms with E-state index in [1.165, 1.54) is 0 Å². The SMILES string of the molecule is CCN(CC)c1ccc(C(=O)N/N=C\c2cnc(N(CC)CC)s2)cc1. The van der Waals surface area contributed by atoms with Gasteiger partial charge in [-0.05, 0) is 52.0 Å². The van der Waals surface area contributed by atoms with Crippen molar-refractivity contribution >= 4 is 34.3 Å². The maximum absolute atomic E-state index is 12.2. The fourth-order valence-electron chi connectivity index (χ4n) is 2.61. The Hall–Kier alpha value is -2.41. The van der Waals surface area contributed by atoms with E-state index in [4.69, 9.17) is 0 Å². The van der Waals surface area contributed by atoms with Crippen LogP contribution in [0.15, 0.2) is 35.6 Å². The first-order chi connectivity index (χ1) is 12.6. The molecule has 0 aliphatic carbocycles. The largest absolute Gasteiger partial charge is 0.372 e. The van der Waals surface area contributed by atoms with E-state index in [1.54, 1.807) is 23.7 Å². The lowest BCUT2D eigenvalue weighted by Gasteiger charge is -2.20. The van der Waals surface area contributed by atoms with Crippen LogP contribution in [-0.2, 0) is 0 Å². The van der Waals surface area contributed by atoms with Gasteiger partial charge in [-0.2, -0.15) is 5.10 Å². The van der Waals surface area contributed by atoms with Crippen LogP contribution in [0.4, 0.5) is 10.8 Å². The standard InChI is InChI=1S/C19H27N5OS/c1-5-23(6-2)16-11-9-15(10-12-16)18(25)22-21-14-17-13-20-19(26-17)24(7-3)8-4/h9-14H,5-8H2,1-4H3,(H,22,25)/b21-14-. The highest BCUT2D eigenvalue weighted by Gasteiger charge is 2.08. The second-order valence-corrected chi connectivity index (χ2v) is 6.68. The molecule has 1 aromatic carbocycles. The van der Waals surface area contributed by atoms with Crippen molar-refractivity contribution in [3.05, 3.63) is 40.9 Å². The predicted octanol–water partition coefficient (Wildman–Crippen LogP) is 3.60. The lowest BCUT2D eigenvalue weighted by atomic mass is 10.2. The summed E-state index contributed by atoms with van der Waals surface area (Å²) in [4.78, 5) is 21.9. The predicted molar refractivity (Wildman–Crippen MR) is 111 cm³/mol. The molecule has 2 rings (SSSR count). The molecule has 0 radical (unpaired) electrons. The van der Waals surface area contributed by atoms with Gasteiger partial charge in [0.25, 0.3) is 5.91 Å². The summed E-state index contributed by atoms with van der Waals surface area (Å²) in [6, 6.07) is 7.57. The first-order valence-corrected chi connectivity index (χ1v) is 9.83. The van der Waals surface area contributed by atoms with Crippen molar-refractivity contribution in [2.24, 2.45) is 5.10 Å². The molecule has 0 aliphatic heterocycles. The number of carbonyl (C=O) groups is 1. The summed E-state index contributed by atoms with van der Waals surface area (Å²) in [5, 5.41) is 5.02. The molecule has 0 spiro atoms. The second kappa shape index (κ2) is 9.91. The summed E-state index contributed by atoms with van der Waals surface area (Å²) in [7, 11) is 0. The van der Waals surface area contributed by atoms with Gasteiger partial charge in [0.15, 0.2) is 5.13 Å². The Kier molecular flexibility index (Phi) is 7.59. The maximum atomic E-state index is 12.2. The summed E-state index contributed by atoms with van der Waals surface area (Å²) in [5.41, 5.74) is 4.28. The first kappa shape index (κ1) is 19.9. The van der Waals surface area contributed by atoms with E-state index in [0.717, 1.165) is 41.9 Å². The monoisotopic (exact) mass is 373 g/mol. The molecule has 2 aromatic rings. The minimum atomic E-state index is -0.221. The average Bonchev–Trinajstić information content (AvgIpc) is 3.13. The molecule has 0 saturated carbocycles. The first-order valence-electron chi connectivity index (χ1n) is 9.02. The Balaban J connectivity index is 1.95. The third-order valence-corrected chi connectivity index (χ3v) is 5.15. The number of aromatic nitrogens is 1. The lowest BCUT2D eigenvalue weighted by molar-refractivity contribution is 0.0955. The van der Waals surface area contributed by atoms with E-state index in [2.05, 4.69) is 53.0 Å². The van der Waals surface area contributed by atoms with Crippen molar-refractivity contribution in [1.29, 1.82) is 0 Å². The Morgan fingerprint density at radius 3 is 2.27 bits per heavy atom. The van der Waals surface area contributed by atoms with Crippen molar-refractivity contribution in [3.63, 3.8) is 0 Å². The minimum Gasteiger partial charge on any atom is -0.372 e. The summed E-state index contributed by atoms with van der Waals surface area (Å²) in [6.07, 6.45) is 3.40. The van der Waals surface area contributed by atoms with Gasteiger partial charge in [-0.15, -0.1) is 0 Å². The summed E-state index contributed by atoms with van der Waals surface area (Å²) >= 11 is 1.56. The van der Waals surface area contributed by atoms with Gasteiger partial charge in [0.2, 0.25) is 0 Å². The number of amides is 1. The van der Waals surface area contributed by atoms with E-state index in [1.807, 2.05) is 24.3 Å². The number of anilines is 2. The van der Waals surface area contributed by atoms with Crippen LogP contribution in [-0.4, -0.2) is 43.3 Å². The zero-order valence-corrected chi connectivity index (χ0v) is 16.7. The topological polar surface area (TPSA) is 60.8 Å². The van der Waals surface area contributed by atoms with Crippen molar-refractivity contribution < 1.29 is 4.79 Å². The molecular weight excluding hydrogens is 346 g/mol. The molecule has 0 aliphatic rings. The molecule has 26 heavy (non-hydrogen) atoms. The third-order valence-electron chi connectivity index (χ3n) is 4.16. The van der Waals surface area contributed by atoms with Gasteiger partial charge >= 0.3 is 0 Å². The van der Waals surface area contributed by atoms with E-state index >= 15 is 0 Å². The molecule has 1 amide bonds. The Labute approximate surface area is 159 Å². The van der Waals surface area contributed by atoms with Crippen molar-refractivity contribution in [3.8, 4) is 0 Å². The van der Waals surface area contributed by atoms with Crippen LogP contribution in [0.3, 0.4) is 0 Å². The van der Waals surface area contributed by atoms with Crippen LogP contribution < -0.4 is 15.2 Å².